The fraction of sp³-hybridized carbons (Fsp3) is 0.312. The van der Waals surface area contributed by atoms with Gasteiger partial charge in [0.15, 0.2) is 11.5 Å². The highest BCUT2D eigenvalue weighted by molar-refractivity contribution is 5.97. The van der Waals surface area contributed by atoms with Crippen LogP contribution in [0.3, 0.4) is 0 Å². The fourth-order valence-corrected chi connectivity index (χ4v) is 2.20. The first kappa shape index (κ1) is 15.9. The van der Waals surface area contributed by atoms with E-state index in [4.69, 9.17) is 15.2 Å². The molecule has 0 saturated heterocycles. The quantitative estimate of drug-likeness (QED) is 0.711. The Morgan fingerprint density at radius 1 is 1.25 bits per heavy atom. The second kappa shape index (κ2) is 6.61. The summed E-state index contributed by atoms with van der Waals surface area (Å²) in [5.41, 5.74) is 6.38. The van der Waals surface area contributed by atoms with Gasteiger partial charge in [-0.1, -0.05) is 0 Å². The second-order valence-electron chi connectivity index (χ2n) is 5.43. The number of carbonyl (C=O) groups is 1. The molecule has 1 aliphatic rings. The first-order chi connectivity index (χ1) is 11.6. The van der Waals surface area contributed by atoms with E-state index in [0.29, 0.717) is 29.3 Å². The molecular formula is C16H19N5O3. The smallest absolute Gasteiger partial charge is 0.254 e. The van der Waals surface area contributed by atoms with Crippen molar-refractivity contribution < 1.29 is 14.3 Å². The summed E-state index contributed by atoms with van der Waals surface area (Å²) in [5, 5.41) is 6.28. The van der Waals surface area contributed by atoms with Crippen LogP contribution < -0.4 is 25.8 Å². The summed E-state index contributed by atoms with van der Waals surface area (Å²) in [4.78, 5) is 20.0. The molecule has 0 radical (unpaired) electrons. The molecule has 4 N–H and O–H groups in total. The SMILES string of the molecule is COc1ccc(Nc2ncc(C(N)=O)c(NC3CC3)n2)cc1OC. The van der Waals surface area contributed by atoms with Crippen molar-refractivity contribution >= 4 is 23.4 Å². The van der Waals surface area contributed by atoms with Gasteiger partial charge < -0.3 is 25.8 Å². The molecule has 0 aliphatic heterocycles. The number of methoxy groups -OCH3 is 2. The van der Waals surface area contributed by atoms with Crippen LogP contribution in [0.1, 0.15) is 23.2 Å². The number of carbonyl (C=O) groups excluding carboxylic acids is 1. The largest absolute Gasteiger partial charge is 0.493 e. The van der Waals surface area contributed by atoms with Crippen LogP contribution in [0.2, 0.25) is 0 Å². The van der Waals surface area contributed by atoms with Crippen LogP contribution in [0.15, 0.2) is 24.4 Å². The number of nitrogens with zero attached hydrogens (tertiary/aromatic N) is 2. The van der Waals surface area contributed by atoms with E-state index in [0.717, 1.165) is 18.5 Å². The lowest BCUT2D eigenvalue weighted by atomic mass is 10.2. The number of anilines is 3. The molecule has 0 unspecified atom stereocenters. The van der Waals surface area contributed by atoms with Gasteiger partial charge in [-0.05, 0) is 25.0 Å². The van der Waals surface area contributed by atoms with Crippen LogP contribution in [0.4, 0.5) is 17.5 Å². The number of nitrogens with two attached hydrogens (primary N) is 1. The molecule has 0 atom stereocenters. The third-order valence-corrected chi connectivity index (χ3v) is 3.61. The van der Waals surface area contributed by atoms with Gasteiger partial charge >= 0.3 is 0 Å². The zero-order chi connectivity index (χ0) is 17.1. The lowest BCUT2D eigenvalue weighted by molar-refractivity contribution is 0.100. The summed E-state index contributed by atoms with van der Waals surface area (Å²) < 4.78 is 10.5. The Kier molecular flexibility index (Phi) is 4.37. The average molecular weight is 329 g/mol. The molecular weight excluding hydrogens is 310 g/mol. The molecule has 126 valence electrons. The summed E-state index contributed by atoms with van der Waals surface area (Å²) >= 11 is 0. The van der Waals surface area contributed by atoms with Gasteiger partial charge in [0.05, 0.1) is 19.8 Å². The maximum absolute atomic E-state index is 11.5. The van der Waals surface area contributed by atoms with Crippen LogP contribution in [0, 0.1) is 0 Å². The predicted octanol–water partition coefficient (Wildman–Crippen LogP) is 1.91. The van der Waals surface area contributed by atoms with Crippen molar-refractivity contribution in [1.82, 2.24) is 9.97 Å². The molecule has 1 saturated carbocycles. The molecule has 8 nitrogen and oxygen atoms in total. The zero-order valence-corrected chi connectivity index (χ0v) is 13.5. The highest BCUT2D eigenvalue weighted by atomic mass is 16.5. The summed E-state index contributed by atoms with van der Waals surface area (Å²) in [7, 11) is 3.14. The van der Waals surface area contributed by atoms with E-state index in [2.05, 4.69) is 20.6 Å². The number of primary amides is 1. The number of amides is 1. The highest BCUT2D eigenvalue weighted by Crippen LogP contribution is 2.31. The summed E-state index contributed by atoms with van der Waals surface area (Å²) in [6, 6.07) is 5.72. The Hall–Kier alpha value is -3.03. The van der Waals surface area contributed by atoms with E-state index in [1.54, 1.807) is 26.4 Å². The highest BCUT2D eigenvalue weighted by Gasteiger charge is 2.24. The van der Waals surface area contributed by atoms with Crippen molar-refractivity contribution in [3.8, 4) is 11.5 Å². The van der Waals surface area contributed by atoms with Gasteiger partial charge in [-0.25, -0.2) is 4.98 Å². The summed E-state index contributed by atoms with van der Waals surface area (Å²) in [6.07, 6.45) is 3.53. The number of ether oxygens (including phenoxy) is 2. The Balaban J connectivity index is 1.85. The van der Waals surface area contributed by atoms with Gasteiger partial charge in [0.1, 0.15) is 5.82 Å². The van der Waals surface area contributed by atoms with E-state index >= 15 is 0 Å². The molecule has 1 aromatic heterocycles. The van der Waals surface area contributed by atoms with Gasteiger partial charge in [0, 0.05) is 24.0 Å². The van der Waals surface area contributed by atoms with Crippen molar-refractivity contribution in [3.63, 3.8) is 0 Å². The minimum Gasteiger partial charge on any atom is -0.493 e. The van der Waals surface area contributed by atoms with Crippen molar-refractivity contribution in [2.24, 2.45) is 5.73 Å². The van der Waals surface area contributed by atoms with Crippen LogP contribution >= 0.6 is 0 Å². The number of aromatic nitrogens is 2. The number of benzene rings is 1. The van der Waals surface area contributed by atoms with Crippen LogP contribution in [0.5, 0.6) is 11.5 Å². The first-order valence-corrected chi connectivity index (χ1v) is 7.53. The Morgan fingerprint density at radius 3 is 2.62 bits per heavy atom. The van der Waals surface area contributed by atoms with Gasteiger partial charge in [-0.3, -0.25) is 4.79 Å². The van der Waals surface area contributed by atoms with Crippen LogP contribution in [-0.2, 0) is 0 Å². The second-order valence-corrected chi connectivity index (χ2v) is 5.43. The van der Waals surface area contributed by atoms with E-state index in [1.807, 2.05) is 6.07 Å². The Morgan fingerprint density at radius 2 is 2.00 bits per heavy atom. The zero-order valence-electron chi connectivity index (χ0n) is 13.5. The molecule has 1 heterocycles. The molecule has 0 spiro atoms. The van der Waals surface area contributed by atoms with Crippen molar-refractivity contribution in [1.29, 1.82) is 0 Å². The van der Waals surface area contributed by atoms with Crippen LogP contribution in [-0.4, -0.2) is 36.1 Å². The molecule has 24 heavy (non-hydrogen) atoms. The van der Waals surface area contributed by atoms with Gasteiger partial charge in [0.2, 0.25) is 5.95 Å². The van der Waals surface area contributed by atoms with E-state index in [1.165, 1.54) is 6.20 Å². The topological polar surface area (TPSA) is 111 Å². The lowest BCUT2D eigenvalue weighted by Gasteiger charge is -2.12. The third kappa shape index (κ3) is 3.48. The maximum Gasteiger partial charge on any atom is 0.254 e. The fourth-order valence-electron chi connectivity index (χ4n) is 2.20. The molecule has 1 aromatic carbocycles. The normalized spacial score (nSPS) is 13.2. The molecule has 3 rings (SSSR count). The first-order valence-electron chi connectivity index (χ1n) is 7.53. The lowest BCUT2D eigenvalue weighted by Crippen LogP contribution is -2.17. The predicted molar refractivity (Wildman–Crippen MR) is 90.0 cm³/mol. The maximum atomic E-state index is 11.5. The van der Waals surface area contributed by atoms with Crippen molar-refractivity contribution in [3.05, 3.63) is 30.0 Å². The van der Waals surface area contributed by atoms with E-state index < -0.39 is 5.91 Å². The number of hydrogen-bond donors (Lipinski definition) is 3. The summed E-state index contributed by atoms with van der Waals surface area (Å²) in [5.74, 6) is 1.46. The Labute approximate surface area is 139 Å². The molecule has 1 aliphatic carbocycles. The van der Waals surface area contributed by atoms with Crippen molar-refractivity contribution in [2.45, 2.75) is 18.9 Å². The molecule has 2 aromatic rings. The monoisotopic (exact) mass is 329 g/mol. The van der Waals surface area contributed by atoms with E-state index in [9.17, 15) is 4.79 Å². The number of rotatable bonds is 7. The molecule has 1 fully saturated rings. The number of nitrogens with one attached hydrogen (secondary N) is 2. The van der Waals surface area contributed by atoms with Crippen molar-refractivity contribution in [2.75, 3.05) is 24.9 Å². The molecule has 1 amide bonds. The Bertz CT molecular complexity index is 761. The molecule has 0 bridgehead atoms. The minimum absolute atomic E-state index is 0.278. The summed E-state index contributed by atoms with van der Waals surface area (Å²) in [6.45, 7) is 0. The molecule has 8 heteroatoms. The standard InChI is InChI=1S/C16H19N5O3/c1-23-12-6-5-10(7-13(12)24-2)20-16-18-8-11(14(17)22)15(21-16)19-9-3-4-9/h5-9H,3-4H2,1-2H3,(H2,17,22)(H2,18,19,20,21). The van der Waals surface area contributed by atoms with Gasteiger partial charge in [-0.2, -0.15) is 4.98 Å². The van der Waals surface area contributed by atoms with Gasteiger partial charge in [-0.15, -0.1) is 0 Å². The third-order valence-electron chi connectivity index (χ3n) is 3.61. The average Bonchev–Trinajstić information content (AvgIpc) is 3.38. The van der Waals surface area contributed by atoms with Crippen LogP contribution in [0.25, 0.3) is 0 Å². The minimum atomic E-state index is -0.559. The van der Waals surface area contributed by atoms with Gasteiger partial charge in [0.25, 0.3) is 5.91 Å². The van der Waals surface area contributed by atoms with E-state index in [-0.39, 0.29) is 5.56 Å². The number of hydrogen-bond acceptors (Lipinski definition) is 7.